The molecule has 0 unspecified atom stereocenters. The number of aromatic nitrogens is 3. The molecule has 13 heavy (non-hydrogen) atoms. The number of hydrogen-bond acceptors (Lipinski definition) is 3. The summed E-state index contributed by atoms with van der Waals surface area (Å²) in [5, 5.41) is 6.70. The molecule has 2 rings (SSSR count). The number of rotatable bonds is 2. The smallest absolute Gasteiger partial charge is 0.194 e. The van der Waals surface area contributed by atoms with E-state index in [9.17, 15) is 0 Å². The number of hydrogen-bond donors (Lipinski definition) is 1. The molecule has 0 saturated carbocycles. The van der Waals surface area contributed by atoms with Crippen molar-refractivity contribution in [2.45, 2.75) is 19.4 Å². The molecule has 1 aromatic heterocycles. The Hall–Kier alpha value is -0.290. The van der Waals surface area contributed by atoms with Gasteiger partial charge in [0.25, 0.3) is 0 Å². The van der Waals surface area contributed by atoms with Crippen molar-refractivity contribution >= 4 is 24.0 Å². The van der Waals surface area contributed by atoms with Crippen molar-refractivity contribution in [1.29, 1.82) is 0 Å². The van der Waals surface area contributed by atoms with E-state index in [1.54, 1.807) is 6.33 Å². The van der Waals surface area contributed by atoms with Gasteiger partial charge in [-0.3, -0.25) is 5.10 Å². The lowest BCUT2D eigenvalue weighted by molar-refractivity contribution is 0.414. The van der Waals surface area contributed by atoms with Gasteiger partial charge in [-0.15, -0.1) is 0 Å². The molecule has 1 saturated heterocycles. The zero-order valence-corrected chi connectivity index (χ0v) is 9.03. The van der Waals surface area contributed by atoms with Crippen LogP contribution in [0.4, 0.5) is 0 Å². The van der Waals surface area contributed by atoms with E-state index in [-0.39, 0.29) is 0 Å². The molecule has 72 valence electrons. The lowest BCUT2D eigenvalue weighted by Gasteiger charge is -2.21. The Bertz CT molecular complexity index is 311. The monoisotopic (exact) mass is 215 g/mol. The van der Waals surface area contributed by atoms with Crippen LogP contribution in [0.25, 0.3) is 0 Å². The van der Waals surface area contributed by atoms with Crippen molar-refractivity contribution in [1.82, 2.24) is 14.8 Å². The average molecular weight is 215 g/mol. The van der Waals surface area contributed by atoms with Gasteiger partial charge in [0.05, 0.1) is 0 Å². The summed E-state index contributed by atoms with van der Waals surface area (Å²) in [6.45, 7) is 1.04. The standard InChI is InChI=1S/C8H13N3S2/c12-8-10-9-6-11(8)5-7-1-3-13-4-2-7/h6-7H,1-5H2,(H,10,12). The third kappa shape index (κ3) is 2.34. The molecular weight excluding hydrogens is 202 g/mol. The van der Waals surface area contributed by atoms with Crippen LogP contribution in [0.1, 0.15) is 12.8 Å². The third-order valence-electron chi connectivity index (χ3n) is 2.41. The molecule has 0 aliphatic carbocycles. The van der Waals surface area contributed by atoms with Gasteiger partial charge in [-0.05, 0) is 42.5 Å². The predicted molar refractivity (Wildman–Crippen MR) is 57.5 cm³/mol. The van der Waals surface area contributed by atoms with Gasteiger partial charge in [-0.1, -0.05) is 0 Å². The predicted octanol–water partition coefficient (Wildman–Crippen LogP) is 2.08. The molecule has 1 N–H and O–H groups in total. The van der Waals surface area contributed by atoms with Gasteiger partial charge in [-0.2, -0.15) is 16.9 Å². The number of aromatic amines is 1. The summed E-state index contributed by atoms with van der Waals surface area (Å²) >= 11 is 7.15. The maximum Gasteiger partial charge on any atom is 0.194 e. The molecule has 3 nitrogen and oxygen atoms in total. The number of H-pyrrole nitrogens is 1. The molecular formula is C8H13N3S2. The topological polar surface area (TPSA) is 33.6 Å². The Morgan fingerprint density at radius 1 is 1.62 bits per heavy atom. The second kappa shape index (κ2) is 4.28. The first kappa shape index (κ1) is 9.27. The second-order valence-electron chi connectivity index (χ2n) is 3.37. The van der Waals surface area contributed by atoms with Crippen molar-refractivity contribution in [3.63, 3.8) is 0 Å². The number of thioether (sulfide) groups is 1. The third-order valence-corrected chi connectivity index (χ3v) is 3.79. The molecule has 0 bridgehead atoms. The Labute approximate surface area is 86.9 Å². The summed E-state index contributed by atoms with van der Waals surface area (Å²) in [5.74, 6) is 3.40. The lowest BCUT2D eigenvalue weighted by Crippen LogP contribution is -2.15. The van der Waals surface area contributed by atoms with Crippen LogP contribution < -0.4 is 0 Å². The maximum atomic E-state index is 5.09. The summed E-state index contributed by atoms with van der Waals surface area (Å²) in [4.78, 5) is 0. The van der Waals surface area contributed by atoms with Gasteiger partial charge in [-0.25, -0.2) is 0 Å². The highest BCUT2D eigenvalue weighted by Crippen LogP contribution is 2.23. The van der Waals surface area contributed by atoms with Crippen LogP contribution in [0.5, 0.6) is 0 Å². The molecule has 1 aliphatic heterocycles. The SMILES string of the molecule is S=c1[nH]ncn1CC1CCSCC1. The fourth-order valence-corrected chi connectivity index (χ4v) is 2.99. The summed E-state index contributed by atoms with van der Waals surface area (Å²) in [6.07, 6.45) is 4.43. The van der Waals surface area contributed by atoms with Crippen molar-refractivity contribution in [2.24, 2.45) is 5.92 Å². The molecule has 0 aromatic carbocycles. The molecule has 1 aliphatic rings. The first-order valence-corrected chi connectivity index (χ1v) is 6.10. The van der Waals surface area contributed by atoms with Crippen LogP contribution in [0, 0.1) is 10.7 Å². The molecule has 1 fully saturated rings. The summed E-state index contributed by atoms with van der Waals surface area (Å²) in [7, 11) is 0. The summed E-state index contributed by atoms with van der Waals surface area (Å²) < 4.78 is 2.79. The van der Waals surface area contributed by atoms with Gasteiger partial charge < -0.3 is 4.57 Å². The van der Waals surface area contributed by atoms with Crippen LogP contribution in [-0.4, -0.2) is 26.3 Å². The molecule has 5 heteroatoms. The molecule has 0 atom stereocenters. The van der Waals surface area contributed by atoms with E-state index in [1.807, 2.05) is 4.57 Å². The van der Waals surface area contributed by atoms with Crippen LogP contribution in [0.15, 0.2) is 6.33 Å². The van der Waals surface area contributed by atoms with Gasteiger partial charge in [0.1, 0.15) is 6.33 Å². The van der Waals surface area contributed by atoms with E-state index in [1.165, 1.54) is 24.3 Å². The highest BCUT2D eigenvalue weighted by molar-refractivity contribution is 7.99. The molecule has 0 spiro atoms. The van der Waals surface area contributed by atoms with Gasteiger partial charge >= 0.3 is 0 Å². The van der Waals surface area contributed by atoms with Gasteiger partial charge in [0.2, 0.25) is 0 Å². The van der Waals surface area contributed by atoms with E-state index < -0.39 is 0 Å². The van der Waals surface area contributed by atoms with E-state index >= 15 is 0 Å². The average Bonchev–Trinajstić information content (AvgIpc) is 2.54. The van der Waals surface area contributed by atoms with E-state index in [0.717, 1.165) is 17.2 Å². The normalized spacial score (nSPS) is 19.1. The minimum atomic E-state index is 0.748. The first-order chi connectivity index (χ1) is 6.36. The first-order valence-electron chi connectivity index (χ1n) is 4.54. The van der Waals surface area contributed by atoms with Crippen molar-refractivity contribution in [3.05, 3.63) is 11.1 Å². The van der Waals surface area contributed by atoms with Crippen molar-refractivity contribution in [2.75, 3.05) is 11.5 Å². The van der Waals surface area contributed by atoms with E-state index in [0.29, 0.717) is 0 Å². The van der Waals surface area contributed by atoms with Gasteiger partial charge in [0, 0.05) is 6.54 Å². The lowest BCUT2D eigenvalue weighted by atomic mass is 10.0. The zero-order chi connectivity index (χ0) is 9.10. The Morgan fingerprint density at radius 2 is 2.38 bits per heavy atom. The van der Waals surface area contributed by atoms with Crippen LogP contribution in [0.2, 0.25) is 0 Å². The fourth-order valence-electron chi connectivity index (χ4n) is 1.61. The molecule has 0 amide bonds. The Kier molecular flexibility index (Phi) is 3.05. The zero-order valence-electron chi connectivity index (χ0n) is 7.40. The van der Waals surface area contributed by atoms with Gasteiger partial charge in [0.15, 0.2) is 4.77 Å². The summed E-state index contributed by atoms with van der Waals surface area (Å²) in [6, 6.07) is 0. The van der Waals surface area contributed by atoms with Crippen molar-refractivity contribution < 1.29 is 0 Å². The maximum absolute atomic E-state index is 5.09. The quantitative estimate of drug-likeness (QED) is 0.767. The summed E-state index contributed by atoms with van der Waals surface area (Å²) in [5.41, 5.74) is 0. The molecule has 2 heterocycles. The van der Waals surface area contributed by atoms with E-state index in [4.69, 9.17) is 12.2 Å². The van der Waals surface area contributed by atoms with Crippen molar-refractivity contribution in [3.8, 4) is 0 Å². The van der Waals surface area contributed by atoms with E-state index in [2.05, 4.69) is 22.0 Å². The highest BCUT2D eigenvalue weighted by Gasteiger charge is 2.14. The highest BCUT2D eigenvalue weighted by atomic mass is 32.2. The fraction of sp³-hybridized carbons (Fsp3) is 0.750. The molecule has 1 aromatic rings. The van der Waals surface area contributed by atoms with Crippen LogP contribution in [0.3, 0.4) is 0 Å². The van der Waals surface area contributed by atoms with Crippen LogP contribution >= 0.6 is 24.0 Å². The van der Waals surface area contributed by atoms with Crippen LogP contribution in [-0.2, 0) is 6.54 Å². The minimum Gasteiger partial charge on any atom is -0.306 e. The largest absolute Gasteiger partial charge is 0.306 e. The molecule has 0 radical (unpaired) electrons. The minimum absolute atomic E-state index is 0.748. The Balaban J connectivity index is 1.97. The number of nitrogens with zero attached hydrogens (tertiary/aromatic N) is 2. The Morgan fingerprint density at radius 3 is 3.00 bits per heavy atom. The second-order valence-corrected chi connectivity index (χ2v) is 4.98. The number of nitrogens with one attached hydrogen (secondary N) is 1.